The van der Waals surface area contributed by atoms with Crippen LogP contribution in [0.1, 0.15) is 24.4 Å². The van der Waals surface area contributed by atoms with Crippen molar-refractivity contribution >= 4 is 44.9 Å². The lowest BCUT2D eigenvalue weighted by Crippen LogP contribution is -2.16. The summed E-state index contributed by atoms with van der Waals surface area (Å²) < 4.78 is 5.39. The van der Waals surface area contributed by atoms with Gasteiger partial charge in [-0.15, -0.1) is 22.7 Å². The van der Waals surface area contributed by atoms with Crippen molar-refractivity contribution in [1.82, 2.24) is 9.97 Å². The number of hydrogen-bond donors (Lipinski definition) is 1. The fourth-order valence-electron chi connectivity index (χ4n) is 2.77. The first-order valence-electron chi connectivity index (χ1n) is 8.61. The molecule has 1 N–H and O–H groups in total. The fraction of sp³-hybridized carbons (Fsp3) is 0.0952. The number of thiophene rings is 2. The van der Waals surface area contributed by atoms with E-state index in [-0.39, 0.29) is 5.56 Å². The highest BCUT2D eigenvalue weighted by molar-refractivity contribution is 7.18. The van der Waals surface area contributed by atoms with Crippen LogP contribution in [-0.4, -0.2) is 15.9 Å². The second kappa shape index (κ2) is 7.92. The molecule has 1 atom stereocenters. The van der Waals surface area contributed by atoms with Gasteiger partial charge in [-0.1, -0.05) is 36.4 Å². The van der Waals surface area contributed by atoms with Crippen molar-refractivity contribution in [3.63, 3.8) is 0 Å². The van der Waals surface area contributed by atoms with Gasteiger partial charge in [0.15, 0.2) is 11.9 Å². The summed E-state index contributed by atoms with van der Waals surface area (Å²) in [5, 5.41) is 4.47. The molecule has 4 rings (SSSR count). The summed E-state index contributed by atoms with van der Waals surface area (Å²) in [6, 6.07) is 13.4. The molecule has 0 saturated heterocycles. The number of H-pyrrole nitrogens is 1. The zero-order valence-electron chi connectivity index (χ0n) is 14.9. The third-order valence-corrected chi connectivity index (χ3v) is 5.91. The van der Waals surface area contributed by atoms with E-state index in [1.807, 2.05) is 53.2 Å². The maximum absolute atomic E-state index is 12.6. The largest absolute Gasteiger partial charge is 0.451 e. The molecular weight excluding hydrogens is 392 g/mol. The van der Waals surface area contributed by atoms with Gasteiger partial charge in [0.25, 0.3) is 5.56 Å². The van der Waals surface area contributed by atoms with Crippen LogP contribution in [0.5, 0.6) is 0 Å². The van der Waals surface area contributed by atoms with Gasteiger partial charge in [0.2, 0.25) is 0 Å². The van der Waals surface area contributed by atoms with Crippen molar-refractivity contribution in [2.45, 2.75) is 13.0 Å². The molecule has 0 unspecified atom stereocenters. The maximum atomic E-state index is 12.6. The van der Waals surface area contributed by atoms with Gasteiger partial charge in [0, 0.05) is 21.9 Å². The van der Waals surface area contributed by atoms with Crippen molar-refractivity contribution in [3.8, 4) is 10.4 Å². The Balaban J connectivity index is 1.55. The van der Waals surface area contributed by atoms with Gasteiger partial charge in [-0.3, -0.25) is 4.79 Å². The third kappa shape index (κ3) is 3.81. The van der Waals surface area contributed by atoms with Crippen LogP contribution in [0.25, 0.3) is 26.7 Å². The van der Waals surface area contributed by atoms with Crippen LogP contribution < -0.4 is 5.56 Å². The van der Waals surface area contributed by atoms with Crippen molar-refractivity contribution in [3.05, 3.63) is 81.0 Å². The van der Waals surface area contributed by atoms with Crippen LogP contribution >= 0.6 is 22.7 Å². The molecule has 3 heterocycles. The monoisotopic (exact) mass is 408 g/mol. The summed E-state index contributed by atoms with van der Waals surface area (Å²) in [4.78, 5) is 33.6. The molecule has 1 aromatic carbocycles. The zero-order valence-corrected chi connectivity index (χ0v) is 16.5. The van der Waals surface area contributed by atoms with Crippen molar-refractivity contribution in [1.29, 1.82) is 0 Å². The van der Waals surface area contributed by atoms with Crippen LogP contribution in [0.3, 0.4) is 0 Å². The summed E-state index contributed by atoms with van der Waals surface area (Å²) in [5.74, 6) is -0.164. The number of nitrogens with one attached hydrogen (secondary N) is 1. The SMILES string of the molecule is C[C@H](OC(=O)/C=C/c1ccccc1)c1nc2scc(-c3cccs3)c2c(=O)[nH]1. The topological polar surface area (TPSA) is 72.0 Å². The van der Waals surface area contributed by atoms with E-state index in [9.17, 15) is 9.59 Å². The Hall–Kier alpha value is -3.03. The molecule has 0 amide bonds. The van der Waals surface area contributed by atoms with E-state index in [1.165, 1.54) is 17.4 Å². The lowest BCUT2D eigenvalue weighted by Gasteiger charge is -2.11. The number of rotatable bonds is 5. The number of nitrogens with zero attached hydrogens (tertiary/aromatic N) is 1. The molecule has 140 valence electrons. The second-order valence-electron chi connectivity index (χ2n) is 6.08. The number of fused-ring (bicyclic) bond motifs is 1. The van der Waals surface area contributed by atoms with Gasteiger partial charge in [-0.05, 0) is 30.0 Å². The molecule has 7 heteroatoms. The molecule has 0 spiro atoms. The van der Waals surface area contributed by atoms with E-state index < -0.39 is 12.1 Å². The van der Waals surface area contributed by atoms with Crippen LogP contribution in [0.15, 0.2) is 64.1 Å². The first-order chi connectivity index (χ1) is 13.6. The predicted octanol–water partition coefficient (Wildman–Crippen LogP) is 5.03. The highest BCUT2D eigenvalue weighted by Crippen LogP contribution is 2.33. The first-order valence-corrected chi connectivity index (χ1v) is 10.4. The van der Waals surface area contributed by atoms with Crippen LogP contribution in [0.4, 0.5) is 0 Å². The number of esters is 1. The molecule has 3 aromatic heterocycles. The predicted molar refractivity (Wildman–Crippen MR) is 114 cm³/mol. The Bertz CT molecular complexity index is 1190. The van der Waals surface area contributed by atoms with E-state index in [1.54, 1.807) is 24.3 Å². The quantitative estimate of drug-likeness (QED) is 0.371. The van der Waals surface area contributed by atoms with E-state index in [4.69, 9.17) is 4.74 Å². The Labute approximate surface area is 169 Å². The van der Waals surface area contributed by atoms with Gasteiger partial charge in [-0.2, -0.15) is 0 Å². The summed E-state index contributed by atoms with van der Waals surface area (Å²) in [6.45, 7) is 1.69. The second-order valence-corrected chi connectivity index (χ2v) is 7.89. The van der Waals surface area contributed by atoms with Gasteiger partial charge >= 0.3 is 5.97 Å². The molecule has 0 aliphatic carbocycles. The number of hydrogen-bond acceptors (Lipinski definition) is 6. The Morgan fingerprint density at radius 2 is 2.00 bits per heavy atom. The molecular formula is C21H16N2O3S2. The van der Waals surface area contributed by atoms with E-state index in [0.29, 0.717) is 16.0 Å². The molecule has 0 radical (unpaired) electrons. The minimum Gasteiger partial charge on any atom is -0.451 e. The molecule has 0 fully saturated rings. The normalized spacial score (nSPS) is 12.5. The number of carbonyl (C=O) groups is 1. The lowest BCUT2D eigenvalue weighted by atomic mass is 10.2. The minimum atomic E-state index is -0.669. The van der Waals surface area contributed by atoms with Crippen LogP contribution in [-0.2, 0) is 9.53 Å². The van der Waals surface area contributed by atoms with E-state index >= 15 is 0 Å². The highest BCUT2D eigenvalue weighted by Gasteiger charge is 2.18. The van der Waals surface area contributed by atoms with Crippen molar-refractivity contribution < 1.29 is 9.53 Å². The van der Waals surface area contributed by atoms with Crippen LogP contribution in [0, 0.1) is 0 Å². The Morgan fingerprint density at radius 3 is 2.75 bits per heavy atom. The Morgan fingerprint density at radius 1 is 1.18 bits per heavy atom. The van der Waals surface area contributed by atoms with Gasteiger partial charge in [-0.25, -0.2) is 9.78 Å². The van der Waals surface area contributed by atoms with E-state index in [2.05, 4.69) is 9.97 Å². The summed E-state index contributed by atoms with van der Waals surface area (Å²) in [5.41, 5.74) is 1.55. The third-order valence-electron chi connectivity index (χ3n) is 4.14. The molecule has 0 saturated carbocycles. The number of aromatic amines is 1. The van der Waals surface area contributed by atoms with E-state index in [0.717, 1.165) is 16.0 Å². The smallest absolute Gasteiger partial charge is 0.331 e. The summed E-state index contributed by atoms with van der Waals surface area (Å²) in [6.07, 6.45) is 2.38. The average molecular weight is 409 g/mol. The van der Waals surface area contributed by atoms with Gasteiger partial charge in [0.1, 0.15) is 4.83 Å². The zero-order chi connectivity index (χ0) is 19.5. The lowest BCUT2D eigenvalue weighted by molar-refractivity contribution is -0.142. The molecule has 5 nitrogen and oxygen atoms in total. The summed E-state index contributed by atoms with van der Waals surface area (Å²) in [7, 11) is 0. The molecule has 28 heavy (non-hydrogen) atoms. The summed E-state index contributed by atoms with van der Waals surface area (Å²) >= 11 is 2.98. The first kappa shape index (κ1) is 18.3. The van der Waals surface area contributed by atoms with Crippen LogP contribution in [0.2, 0.25) is 0 Å². The van der Waals surface area contributed by atoms with Gasteiger partial charge < -0.3 is 9.72 Å². The maximum Gasteiger partial charge on any atom is 0.331 e. The number of carbonyl (C=O) groups excluding carboxylic acids is 1. The highest BCUT2D eigenvalue weighted by atomic mass is 32.1. The van der Waals surface area contributed by atoms with Gasteiger partial charge in [0.05, 0.1) is 5.39 Å². The molecule has 0 aliphatic heterocycles. The number of ether oxygens (including phenoxy) is 1. The molecule has 0 aliphatic rings. The number of benzene rings is 1. The minimum absolute atomic E-state index is 0.229. The fourth-order valence-corrected chi connectivity index (χ4v) is 4.54. The number of aromatic nitrogens is 2. The standard InChI is InChI=1S/C21H16N2O3S2/c1-13(26-17(24)10-9-14-6-3-2-4-7-14)19-22-20(25)18-15(12-28-21(18)23-19)16-8-5-11-27-16/h2-13H,1H3,(H,22,23,25)/b10-9+/t13-/m0/s1. The molecule has 4 aromatic rings. The average Bonchev–Trinajstić information content (AvgIpc) is 3.36. The Kier molecular flexibility index (Phi) is 5.18. The van der Waals surface area contributed by atoms with Crippen molar-refractivity contribution in [2.75, 3.05) is 0 Å². The molecule has 0 bridgehead atoms. The van der Waals surface area contributed by atoms with Crippen molar-refractivity contribution in [2.24, 2.45) is 0 Å².